The molecule has 0 aliphatic carbocycles. The van der Waals surface area contributed by atoms with Gasteiger partial charge in [0.05, 0.1) is 10.6 Å². The highest BCUT2D eigenvalue weighted by Gasteiger charge is 2.34. The highest BCUT2D eigenvalue weighted by atomic mass is 35.5. The first-order chi connectivity index (χ1) is 14.6. The number of halogens is 1. The number of rotatable bonds is 4. The smallest absolute Gasteiger partial charge is 0.270 e. The average molecular weight is 474 g/mol. The van der Waals surface area contributed by atoms with Gasteiger partial charge in [-0.05, 0) is 48.5 Å². The van der Waals surface area contributed by atoms with Crippen LogP contribution in [0.25, 0.3) is 6.08 Å². The molecule has 2 aromatic carbocycles. The van der Waals surface area contributed by atoms with E-state index in [4.69, 9.17) is 37.7 Å². The third-order valence-corrected chi connectivity index (χ3v) is 6.80. The molecule has 30 heavy (non-hydrogen) atoms. The van der Waals surface area contributed by atoms with Crippen LogP contribution in [0.1, 0.15) is 5.76 Å². The van der Waals surface area contributed by atoms with Gasteiger partial charge in [-0.15, -0.1) is 0 Å². The molecule has 2 aliphatic rings. The van der Waals surface area contributed by atoms with Gasteiger partial charge in [0, 0.05) is 22.1 Å². The van der Waals surface area contributed by atoms with Gasteiger partial charge >= 0.3 is 0 Å². The van der Waals surface area contributed by atoms with E-state index in [2.05, 4.69) is 0 Å². The van der Waals surface area contributed by atoms with E-state index in [1.165, 1.54) is 28.4 Å². The summed E-state index contributed by atoms with van der Waals surface area (Å²) in [5.74, 6) is 1.63. The lowest BCUT2D eigenvalue weighted by atomic mass is 10.2. The van der Waals surface area contributed by atoms with Crippen LogP contribution in [-0.4, -0.2) is 17.0 Å². The van der Waals surface area contributed by atoms with Gasteiger partial charge in [0.2, 0.25) is 6.79 Å². The molecule has 1 saturated heterocycles. The van der Waals surface area contributed by atoms with Crippen LogP contribution in [0.15, 0.2) is 73.9 Å². The minimum absolute atomic E-state index is 0.173. The number of thioether (sulfide) groups is 1. The summed E-state index contributed by atoms with van der Waals surface area (Å²) in [6, 6.07) is 16.5. The Morgan fingerprint density at radius 3 is 2.70 bits per heavy atom. The molecule has 9 heteroatoms. The van der Waals surface area contributed by atoms with Crippen LogP contribution in [0.2, 0.25) is 5.02 Å². The summed E-state index contributed by atoms with van der Waals surface area (Å²) in [5, 5.41) is 1.40. The van der Waals surface area contributed by atoms with Gasteiger partial charge < -0.3 is 13.9 Å². The summed E-state index contributed by atoms with van der Waals surface area (Å²) in [6.45, 7) is 0.173. The van der Waals surface area contributed by atoms with E-state index in [9.17, 15) is 4.79 Å². The molecule has 3 aromatic rings. The first-order valence-corrected chi connectivity index (χ1v) is 11.2. The Balaban J connectivity index is 1.35. The van der Waals surface area contributed by atoms with Crippen LogP contribution in [0, 0.1) is 0 Å². The number of benzene rings is 2. The number of nitrogens with zero attached hydrogens (tertiary/aromatic N) is 1. The second-order valence-corrected chi connectivity index (χ2v) is 9.46. The molecule has 1 aromatic heterocycles. The lowest BCUT2D eigenvalue weighted by Crippen LogP contribution is -2.27. The summed E-state index contributed by atoms with van der Waals surface area (Å²) in [6.07, 6.45) is 1.71. The molecule has 0 radical (unpaired) electrons. The molecule has 1 amide bonds. The van der Waals surface area contributed by atoms with E-state index in [-0.39, 0.29) is 12.7 Å². The van der Waals surface area contributed by atoms with E-state index >= 15 is 0 Å². The molecule has 0 atom stereocenters. The summed E-state index contributed by atoms with van der Waals surface area (Å²) in [4.78, 5) is 16.0. The minimum atomic E-state index is -0.202. The Hall–Kier alpha value is -2.39. The number of furan rings is 1. The fraction of sp³-hybridized carbons (Fsp3) is 0.0476. The Labute approximate surface area is 191 Å². The Morgan fingerprint density at radius 2 is 1.87 bits per heavy atom. The molecular formula is C21H12ClNO4S3. The fourth-order valence-electron chi connectivity index (χ4n) is 2.93. The number of hydrogen-bond acceptors (Lipinski definition) is 7. The normalized spacial score (nSPS) is 16.7. The number of carbonyl (C=O) groups is 1. The topological polar surface area (TPSA) is 51.9 Å². The number of ether oxygens (including phenoxy) is 2. The van der Waals surface area contributed by atoms with E-state index in [1.807, 2.05) is 36.4 Å². The molecule has 5 nitrogen and oxygen atoms in total. The van der Waals surface area contributed by atoms with Gasteiger partial charge in [0.1, 0.15) is 5.76 Å². The largest absolute Gasteiger partial charge is 0.454 e. The van der Waals surface area contributed by atoms with Crippen molar-refractivity contribution in [2.45, 2.75) is 9.99 Å². The molecule has 0 N–H and O–H groups in total. The number of fused-ring (bicyclic) bond motifs is 1. The van der Waals surface area contributed by atoms with Crippen LogP contribution >= 0.6 is 47.3 Å². The number of thiocarbonyl (C=S) groups is 1. The quantitative estimate of drug-likeness (QED) is 0.329. The van der Waals surface area contributed by atoms with Crippen molar-refractivity contribution in [1.82, 2.24) is 0 Å². The fourth-order valence-corrected chi connectivity index (χ4v) is 5.11. The molecule has 0 saturated carbocycles. The SMILES string of the molecule is O=C1C(=Cc2ccc(Sc3ccc(Cl)cc3)o2)SC(=S)N1c1ccc2c(c1)OCO2. The zero-order valence-electron chi connectivity index (χ0n) is 15.2. The predicted molar refractivity (Wildman–Crippen MR) is 123 cm³/mol. The Kier molecular flexibility index (Phi) is 5.24. The van der Waals surface area contributed by atoms with Gasteiger partial charge in [0.15, 0.2) is 20.9 Å². The molecule has 150 valence electrons. The van der Waals surface area contributed by atoms with Crippen molar-refractivity contribution in [1.29, 1.82) is 0 Å². The van der Waals surface area contributed by atoms with Crippen LogP contribution in [-0.2, 0) is 4.79 Å². The number of carbonyl (C=O) groups excluding carboxylic acids is 1. The molecule has 3 heterocycles. The van der Waals surface area contributed by atoms with Gasteiger partial charge in [-0.2, -0.15) is 0 Å². The first kappa shape index (κ1) is 19.6. The molecular weight excluding hydrogens is 462 g/mol. The lowest BCUT2D eigenvalue weighted by molar-refractivity contribution is -0.113. The zero-order chi connectivity index (χ0) is 20.7. The first-order valence-electron chi connectivity index (χ1n) is 8.78. The summed E-state index contributed by atoms with van der Waals surface area (Å²) < 4.78 is 17.0. The van der Waals surface area contributed by atoms with Crippen molar-refractivity contribution in [2.75, 3.05) is 11.7 Å². The average Bonchev–Trinajstić information content (AvgIpc) is 3.44. The van der Waals surface area contributed by atoms with E-state index in [1.54, 1.807) is 24.3 Å². The highest BCUT2D eigenvalue weighted by molar-refractivity contribution is 8.27. The van der Waals surface area contributed by atoms with Crippen molar-refractivity contribution in [3.05, 3.63) is 70.3 Å². The number of anilines is 1. The minimum Gasteiger partial charge on any atom is -0.454 e. The van der Waals surface area contributed by atoms with E-state index in [0.29, 0.717) is 37.2 Å². The predicted octanol–water partition coefficient (Wildman–Crippen LogP) is 6.22. The van der Waals surface area contributed by atoms with Crippen molar-refractivity contribution in [3.63, 3.8) is 0 Å². The van der Waals surface area contributed by atoms with Crippen molar-refractivity contribution in [2.24, 2.45) is 0 Å². The maximum absolute atomic E-state index is 13.0. The molecule has 2 aliphatic heterocycles. The third-order valence-electron chi connectivity index (χ3n) is 4.32. The van der Waals surface area contributed by atoms with Crippen LogP contribution < -0.4 is 14.4 Å². The monoisotopic (exact) mass is 473 g/mol. The molecule has 0 spiro atoms. The second-order valence-electron chi connectivity index (χ2n) is 6.27. The van der Waals surface area contributed by atoms with Gasteiger partial charge in [0.25, 0.3) is 5.91 Å². The maximum atomic E-state index is 13.0. The molecule has 5 rings (SSSR count). The zero-order valence-corrected chi connectivity index (χ0v) is 18.4. The van der Waals surface area contributed by atoms with Crippen molar-refractivity contribution < 1.29 is 18.7 Å². The number of hydrogen-bond donors (Lipinski definition) is 0. The van der Waals surface area contributed by atoms with Crippen molar-refractivity contribution >= 4 is 69.3 Å². The molecule has 0 bridgehead atoms. The summed E-state index contributed by atoms with van der Waals surface area (Å²) >= 11 is 14.1. The second kappa shape index (κ2) is 8.03. The van der Waals surface area contributed by atoms with Gasteiger partial charge in [-0.1, -0.05) is 47.3 Å². The summed E-state index contributed by atoms with van der Waals surface area (Å²) in [5.41, 5.74) is 0.642. The Bertz CT molecular complexity index is 1190. The molecule has 0 unspecified atom stereocenters. The summed E-state index contributed by atoms with van der Waals surface area (Å²) in [7, 11) is 0. The van der Waals surface area contributed by atoms with Crippen LogP contribution in [0.3, 0.4) is 0 Å². The van der Waals surface area contributed by atoms with Crippen LogP contribution in [0.4, 0.5) is 5.69 Å². The lowest BCUT2D eigenvalue weighted by Gasteiger charge is -2.14. The highest BCUT2D eigenvalue weighted by Crippen LogP contribution is 2.41. The third kappa shape index (κ3) is 3.83. The number of amides is 1. The van der Waals surface area contributed by atoms with Gasteiger partial charge in [-0.25, -0.2) is 0 Å². The van der Waals surface area contributed by atoms with Gasteiger partial charge in [-0.3, -0.25) is 9.69 Å². The van der Waals surface area contributed by atoms with E-state index < -0.39 is 0 Å². The van der Waals surface area contributed by atoms with Crippen molar-refractivity contribution in [3.8, 4) is 11.5 Å². The standard InChI is InChI=1S/C21H12ClNO4S3/c22-12-1-5-15(6-2-12)29-19-8-4-14(27-19)10-18-20(24)23(21(28)30-18)13-3-7-16-17(9-13)26-11-25-16/h1-10H,11H2. The maximum Gasteiger partial charge on any atom is 0.270 e. The van der Waals surface area contributed by atoms with E-state index in [0.717, 1.165) is 9.99 Å². The molecule has 1 fully saturated rings. The Morgan fingerprint density at radius 1 is 1.07 bits per heavy atom. The van der Waals surface area contributed by atoms with Crippen LogP contribution in [0.5, 0.6) is 11.5 Å².